The van der Waals surface area contributed by atoms with E-state index in [1.54, 1.807) is 0 Å². The second kappa shape index (κ2) is 7.57. The number of ketones is 1. The Morgan fingerprint density at radius 2 is 1.67 bits per heavy atom. The van der Waals surface area contributed by atoms with Crippen LogP contribution in [0.15, 0.2) is 0 Å². The molecule has 2 aliphatic carbocycles. The van der Waals surface area contributed by atoms with E-state index in [1.807, 2.05) is 11.8 Å². The zero-order valence-electron chi connectivity index (χ0n) is 11.8. The topological polar surface area (TPSA) is 17.1 Å². The Balaban J connectivity index is 1.65. The van der Waals surface area contributed by atoms with Crippen molar-refractivity contribution in [2.45, 2.75) is 76.4 Å². The van der Waals surface area contributed by atoms with Crippen LogP contribution in [0.4, 0.5) is 0 Å². The maximum absolute atomic E-state index is 12.2. The van der Waals surface area contributed by atoms with Crippen LogP contribution in [0.1, 0.15) is 71.1 Å². The number of Topliss-reactive ketones (excluding diaryl/α,β-unsaturated/α-hetero) is 1. The third-order valence-electron chi connectivity index (χ3n) is 4.89. The summed E-state index contributed by atoms with van der Waals surface area (Å²) in [5, 5.41) is 0.787. The molecule has 2 rings (SSSR count). The monoisotopic (exact) mass is 268 g/mol. The predicted molar refractivity (Wildman–Crippen MR) is 80.1 cm³/mol. The minimum absolute atomic E-state index is 0.406. The van der Waals surface area contributed by atoms with Gasteiger partial charge in [0, 0.05) is 11.2 Å². The van der Waals surface area contributed by atoms with Gasteiger partial charge >= 0.3 is 0 Å². The van der Waals surface area contributed by atoms with Crippen LogP contribution in [-0.2, 0) is 4.79 Å². The minimum atomic E-state index is 0.406. The van der Waals surface area contributed by atoms with Crippen LogP contribution >= 0.6 is 11.8 Å². The lowest BCUT2D eigenvalue weighted by Crippen LogP contribution is -2.24. The zero-order chi connectivity index (χ0) is 12.8. The summed E-state index contributed by atoms with van der Waals surface area (Å²) >= 11 is 1.96. The van der Waals surface area contributed by atoms with E-state index >= 15 is 0 Å². The number of thioether (sulfide) groups is 1. The molecule has 0 spiro atoms. The molecule has 104 valence electrons. The maximum Gasteiger partial charge on any atom is 0.145 e. The Morgan fingerprint density at radius 3 is 2.28 bits per heavy atom. The lowest BCUT2D eigenvalue weighted by Gasteiger charge is -2.27. The van der Waals surface area contributed by atoms with Crippen molar-refractivity contribution in [1.29, 1.82) is 0 Å². The molecule has 0 aromatic rings. The third kappa shape index (κ3) is 4.29. The van der Waals surface area contributed by atoms with E-state index in [1.165, 1.54) is 64.2 Å². The van der Waals surface area contributed by atoms with Crippen LogP contribution in [-0.4, -0.2) is 16.8 Å². The quantitative estimate of drug-likeness (QED) is 0.710. The van der Waals surface area contributed by atoms with Gasteiger partial charge in [-0.25, -0.2) is 0 Å². The zero-order valence-corrected chi connectivity index (χ0v) is 12.6. The van der Waals surface area contributed by atoms with Crippen LogP contribution in [0.5, 0.6) is 0 Å². The molecule has 2 fully saturated rings. The fourth-order valence-corrected chi connectivity index (χ4v) is 4.74. The molecule has 0 heterocycles. The van der Waals surface area contributed by atoms with Crippen LogP contribution in [0.25, 0.3) is 0 Å². The molecule has 2 saturated carbocycles. The van der Waals surface area contributed by atoms with Crippen LogP contribution in [0.3, 0.4) is 0 Å². The summed E-state index contributed by atoms with van der Waals surface area (Å²) in [5.74, 6) is 2.66. The van der Waals surface area contributed by atoms with E-state index in [2.05, 4.69) is 6.92 Å². The van der Waals surface area contributed by atoms with Crippen molar-refractivity contribution >= 4 is 17.5 Å². The van der Waals surface area contributed by atoms with Gasteiger partial charge in [-0.2, -0.15) is 11.8 Å². The Morgan fingerprint density at radius 1 is 1.00 bits per heavy atom. The number of rotatable bonds is 5. The number of hydrogen-bond donors (Lipinski definition) is 0. The van der Waals surface area contributed by atoms with Crippen LogP contribution < -0.4 is 0 Å². The Hall–Kier alpha value is 0.0200. The lowest BCUT2D eigenvalue weighted by atomic mass is 9.79. The minimum Gasteiger partial charge on any atom is -0.298 e. The van der Waals surface area contributed by atoms with Gasteiger partial charge in [0.25, 0.3) is 0 Å². The molecule has 0 amide bonds. The Labute approximate surface area is 116 Å². The van der Waals surface area contributed by atoms with E-state index in [9.17, 15) is 4.79 Å². The van der Waals surface area contributed by atoms with Crippen molar-refractivity contribution in [1.82, 2.24) is 0 Å². The molecule has 0 aromatic heterocycles. The van der Waals surface area contributed by atoms with E-state index < -0.39 is 0 Å². The van der Waals surface area contributed by atoms with Gasteiger partial charge in [0.1, 0.15) is 5.78 Å². The number of carbonyl (C=O) groups excluding carboxylic acids is 1. The molecule has 0 atom stereocenters. The van der Waals surface area contributed by atoms with Crippen molar-refractivity contribution in [2.24, 2.45) is 11.8 Å². The molecular weight excluding hydrogens is 240 g/mol. The molecule has 0 unspecified atom stereocenters. The summed E-state index contributed by atoms with van der Waals surface area (Å²) in [7, 11) is 0. The first-order chi connectivity index (χ1) is 8.79. The fourth-order valence-electron chi connectivity index (χ4n) is 3.44. The molecule has 0 N–H and O–H groups in total. The predicted octanol–water partition coefficient (Wildman–Crippen LogP) is 4.84. The highest BCUT2D eigenvalue weighted by Gasteiger charge is 2.26. The second-order valence-electron chi connectivity index (χ2n) is 6.16. The first-order valence-electron chi connectivity index (χ1n) is 7.94. The molecule has 1 nitrogen and oxygen atoms in total. The smallest absolute Gasteiger partial charge is 0.145 e. The van der Waals surface area contributed by atoms with E-state index in [0.717, 1.165) is 16.9 Å². The Bertz CT molecular complexity index is 250. The van der Waals surface area contributed by atoms with Crippen molar-refractivity contribution in [3.8, 4) is 0 Å². The normalized spacial score (nSPS) is 30.3. The standard InChI is InChI=1S/C16H28OS/c1-2-13-8-10-14(11-9-13)16(17)12-18-15-6-4-3-5-7-15/h13-15H,2-12H2,1H3. The Kier molecular flexibility index (Phi) is 6.07. The molecule has 0 radical (unpaired) electrons. The molecule has 2 heteroatoms. The summed E-state index contributed by atoms with van der Waals surface area (Å²) in [6, 6.07) is 0. The molecule has 0 saturated heterocycles. The molecule has 0 bridgehead atoms. The highest BCUT2D eigenvalue weighted by molar-refractivity contribution is 8.00. The van der Waals surface area contributed by atoms with Gasteiger partial charge in [-0.05, 0) is 44.4 Å². The molecular formula is C16H28OS. The SMILES string of the molecule is CCC1CCC(C(=O)CSC2CCCCC2)CC1. The van der Waals surface area contributed by atoms with Gasteiger partial charge in [0.2, 0.25) is 0 Å². The summed E-state index contributed by atoms with van der Waals surface area (Å²) in [6.07, 6.45) is 13.1. The first-order valence-corrected chi connectivity index (χ1v) is 8.98. The van der Waals surface area contributed by atoms with E-state index in [4.69, 9.17) is 0 Å². The van der Waals surface area contributed by atoms with Crippen molar-refractivity contribution in [3.05, 3.63) is 0 Å². The number of carbonyl (C=O) groups is 1. The van der Waals surface area contributed by atoms with Gasteiger partial charge in [-0.1, -0.05) is 32.6 Å². The largest absolute Gasteiger partial charge is 0.298 e. The number of hydrogen-bond acceptors (Lipinski definition) is 2. The highest BCUT2D eigenvalue weighted by atomic mass is 32.2. The lowest BCUT2D eigenvalue weighted by molar-refractivity contribution is -0.121. The average Bonchev–Trinajstić information content (AvgIpc) is 2.46. The van der Waals surface area contributed by atoms with Gasteiger partial charge in [-0.15, -0.1) is 0 Å². The third-order valence-corrected chi connectivity index (χ3v) is 6.29. The maximum atomic E-state index is 12.2. The summed E-state index contributed by atoms with van der Waals surface area (Å²) < 4.78 is 0. The van der Waals surface area contributed by atoms with E-state index in [-0.39, 0.29) is 0 Å². The van der Waals surface area contributed by atoms with Crippen molar-refractivity contribution in [3.63, 3.8) is 0 Å². The fraction of sp³-hybridized carbons (Fsp3) is 0.938. The van der Waals surface area contributed by atoms with Gasteiger partial charge < -0.3 is 0 Å². The second-order valence-corrected chi connectivity index (χ2v) is 7.45. The van der Waals surface area contributed by atoms with Gasteiger partial charge in [-0.3, -0.25) is 4.79 Å². The van der Waals surface area contributed by atoms with Crippen LogP contribution in [0, 0.1) is 11.8 Å². The first kappa shape index (κ1) is 14.4. The average molecular weight is 268 g/mol. The molecule has 18 heavy (non-hydrogen) atoms. The molecule has 0 aliphatic heterocycles. The van der Waals surface area contributed by atoms with Gasteiger partial charge in [0.05, 0.1) is 5.75 Å². The molecule has 2 aliphatic rings. The summed E-state index contributed by atoms with van der Waals surface area (Å²) in [4.78, 5) is 12.2. The van der Waals surface area contributed by atoms with Crippen molar-refractivity contribution in [2.75, 3.05) is 5.75 Å². The summed E-state index contributed by atoms with van der Waals surface area (Å²) in [6.45, 7) is 2.28. The van der Waals surface area contributed by atoms with Crippen LogP contribution in [0.2, 0.25) is 0 Å². The molecule has 0 aromatic carbocycles. The van der Waals surface area contributed by atoms with Gasteiger partial charge in [0.15, 0.2) is 0 Å². The summed E-state index contributed by atoms with van der Waals surface area (Å²) in [5.41, 5.74) is 0. The van der Waals surface area contributed by atoms with E-state index in [0.29, 0.717) is 11.7 Å². The highest BCUT2D eigenvalue weighted by Crippen LogP contribution is 2.33. The van der Waals surface area contributed by atoms with Crippen molar-refractivity contribution < 1.29 is 4.79 Å².